The highest BCUT2D eigenvalue weighted by Gasteiger charge is 2.39. The monoisotopic (exact) mass is 280 g/mol. The molecule has 116 valence electrons. The van der Waals surface area contributed by atoms with Crippen LogP contribution in [0.1, 0.15) is 51.4 Å². The Morgan fingerprint density at radius 3 is 2.20 bits per heavy atom. The third-order valence-corrected chi connectivity index (χ3v) is 6.25. The molecule has 0 unspecified atom stereocenters. The first kappa shape index (κ1) is 14.8. The van der Waals surface area contributed by atoms with Gasteiger partial charge in [-0.3, -0.25) is 0 Å². The van der Waals surface area contributed by atoms with Gasteiger partial charge in [0.1, 0.15) is 0 Å². The van der Waals surface area contributed by atoms with Gasteiger partial charge < -0.3 is 15.0 Å². The lowest BCUT2D eigenvalue weighted by Gasteiger charge is -2.45. The molecule has 0 aromatic rings. The molecule has 0 aromatic heterocycles. The van der Waals surface area contributed by atoms with Crippen LogP contribution in [0.3, 0.4) is 0 Å². The Labute approximate surface area is 124 Å². The van der Waals surface area contributed by atoms with E-state index in [2.05, 4.69) is 17.3 Å². The maximum absolute atomic E-state index is 5.59. The molecule has 2 aliphatic heterocycles. The third-order valence-electron chi connectivity index (χ3n) is 6.25. The Morgan fingerprint density at radius 2 is 1.60 bits per heavy atom. The minimum absolute atomic E-state index is 0.465. The Balaban J connectivity index is 1.54. The second-order valence-electron chi connectivity index (χ2n) is 7.63. The van der Waals surface area contributed by atoms with Crippen molar-refractivity contribution in [1.29, 1.82) is 0 Å². The summed E-state index contributed by atoms with van der Waals surface area (Å²) in [5.41, 5.74) is 1.22. The van der Waals surface area contributed by atoms with E-state index in [1.54, 1.807) is 0 Å². The molecule has 1 spiro atoms. The van der Waals surface area contributed by atoms with Crippen LogP contribution in [0.5, 0.6) is 0 Å². The van der Waals surface area contributed by atoms with Crippen molar-refractivity contribution >= 4 is 0 Å². The summed E-state index contributed by atoms with van der Waals surface area (Å²) in [6.45, 7) is 7.03. The Hall–Kier alpha value is -0.120. The van der Waals surface area contributed by atoms with Crippen LogP contribution < -0.4 is 5.32 Å². The fourth-order valence-electron chi connectivity index (χ4n) is 4.86. The van der Waals surface area contributed by atoms with E-state index in [0.717, 1.165) is 25.2 Å². The molecule has 1 N–H and O–H groups in total. The van der Waals surface area contributed by atoms with Crippen molar-refractivity contribution in [1.82, 2.24) is 10.2 Å². The molecule has 3 rings (SSSR count). The maximum Gasteiger partial charge on any atom is 0.0472 e. The number of hydrogen-bond donors (Lipinski definition) is 1. The first-order chi connectivity index (χ1) is 9.76. The lowest BCUT2D eigenvalue weighted by atomic mass is 9.75. The van der Waals surface area contributed by atoms with Crippen LogP contribution in [-0.2, 0) is 4.74 Å². The van der Waals surface area contributed by atoms with E-state index in [-0.39, 0.29) is 0 Å². The molecular formula is C17H32N2O. The van der Waals surface area contributed by atoms with E-state index in [0.29, 0.717) is 5.41 Å². The molecule has 1 aliphatic carbocycles. The fourth-order valence-corrected chi connectivity index (χ4v) is 4.86. The molecule has 0 radical (unpaired) electrons. The quantitative estimate of drug-likeness (QED) is 0.857. The zero-order chi connectivity index (χ0) is 13.9. The summed E-state index contributed by atoms with van der Waals surface area (Å²) >= 11 is 0. The van der Waals surface area contributed by atoms with Crippen LogP contribution in [0.15, 0.2) is 0 Å². The largest absolute Gasteiger partial charge is 0.381 e. The van der Waals surface area contributed by atoms with Crippen molar-refractivity contribution in [3.63, 3.8) is 0 Å². The summed E-state index contributed by atoms with van der Waals surface area (Å²) in [5.74, 6) is 0. The molecule has 0 bridgehead atoms. The fraction of sp³-hybridized carbons (Fsp3) is 1.00. The van der Waals surface area contributed by atoms with Gasteiger partial charge in [-0.25, -0.2) is 0 Å². The molecule has 3 fully saturated rings. The molecule has 0 atom stereocenters. The minimum Gasteiger partial charge on any atom is -0.381 e. The number of nitrogens with zero attached hydrogens (tertiary/aromatic N) is 1. The standard InChI is InChI=1S/C17H32N2O/c1-18-14-17(8-12-20-13-9-17)15-19-10-6-16(7-11-19)4-2-3-5-16/h18H,2-15H2,1H3. The average Bonchev–Trinajstić information content (AvgIpc) is 2.92. The van der Waals surface area contributed by atoms with Crippen LogP contribution >= 0.6 is 0 Å². The summed E-state index contributed by atoms with van der Waals surface area (Å²) in [7, 11) is 2.10. The van der Waals surface area contributed by atoms with Crippen LogP contribution in [0.4, 0.5) is 0 Å². The van der Waals surface area contributed by atoms with Gasteiger partial charge in [0.25, 0.3) is 0 Å². The predicted octanol–water partition coefficient (Wildman–Crippen LogP) is 2.66. The van der Waals surface area contributed by atoms with Crippen molar-refractivity contribution in [2.75, 3.05) is 46.4 Å². The van der Waals surface area contributed by atoms with Crippen LogP contribution in [0, 0.1) is 10.8 Å². The molecule has 3 nitrogen and oxygen atoms in total. The van der Waals surface area contributed by atoms with Gasteiger partial charge in [0.15, 0.2) is 0 Å². The van der Waals surface area contributed by atoms with Crippen LogP contribution in [0.2, 0.25) is 0 Å². The van der Waals surface area contributed by atoms with Crippen molar-refractivity contribution in [3.05, 3.63) is 0 Å². The van der Waals surface area contributed by atoms with Crippen molar-refractivity contribution < 1.29 is 4.74 Å². The molecule has 1 saturated carbocycles. The second kappa shape index (κ2) is 6.33. The Bertz CT molecular complexity index is 291. The first-order valence-electron chi connectivity index (χ1n) is 8.71. The van der Waals surface area contributed by atoms with Crippen molar-refractivity contribution in [3.8, 4) is 0 Å². The van der Waals surface area contributed by atoms with Gasteiger partial charge in [-0.2, -0.15) is 0 Å². The summed E-state index contributed by atoms with van der Waals surface area (Å²) in [4.78, 5) is 2.76. The van der Waals surface area contributed by atoms with Gasteiger partial charge in [-0.1, -0.05) is 12.8 Å². The molecule has 0 aromatic carbocycles. The van der Waals surface area contributed by atoms with Crippen LogP contribution in [0.25, 0.3) is 0 Å². The van der Waals surface area contributed by atoms with Crippen molar-refractivity contribution in [2.24, 2.45) is 10.8 Å². The van der Waals surface area contributed by atoms with E-state index < -0.39 is 0 Å². The highest BCUT2D eigenvalue weighted by Crippen LogP contribution is 2.46. The van der Waals surface area contributed by atoms with Crippen molar-refractivity contribution in [2.45, 2.75) is 51.4 Å². The normalized spacial score (nSPS) is 29.9. The zero-order valence-corrected chi connectivity index (χ0v) is 13.3. The molecule has 3 heteroatoms. The molecular weight excluding hydrogens is 248 g/mol. The lowest BCUT2D eigenvalue weighted by Crippen LogP contribution is -2.49. The number of piperidine rings is 1. The van der Waals surface area contributed by atoms with E-state index in [1.807, 2.05) is 0 Å². The minimum atomic E-state index is 0.465. The third kappa shape index (κ3) is 3.20. The lowest BCUT2D eigenvalue weighted by molar-refractivity contribution is -0.0147. The number of hydrogen-bond acceptors (Lipinski definition) is 3. The van der Waals surface area contributed by atoms with E-state index >= 15 is 0 Å². The van der Waals surface area contributed by atoms with Gasteiger partial charge in [0.2, 0.25) is 0 Å². The van der Waals surface area contributed by atoms with Gasteiger partial charge in [0.05, 0.1) is 0 Å². The smallest absolute Gasteiger partial charge is 0.0472 e. The SMILES string of the molecule is CNCC1(CN2CCC3(CCCC3)CC2)CCOCC1. The first-order valence-corrected chi connectivity index (χ1v) is 8.71. The second-order valence-corrected chi connectivity index (χ2v) is 7.63. The van der Waals surface area contributed by atoms with E-state index in [9.17, 15) is 0 Å². The summed E-state index contributed by atoms with van der Waals surface area (Å²) < 4.78 is 5.59. The summed E-state index contributed by atoms with van der Waals surface area (Å²) in [6, 6.07) is 0. The van der Waals surface area contributed by atoms with Gasteiger partial charge in [-0.15, -0.1) is 0 Å². The number of ether oxygens (including phenoxy) is 1. The highest BCUT2D eigenvalue weighted by molar-refractivity contribution is 4.93. The summed E-state index contributed by atoms with van der Waals surface area (Å²) in [6.07, 6.45) is 11.4. The van der Waals surface area contributed by atoms with Gasteiger partial charge in [-0.05, 0) is 69.5 Å². The predicted molar refractivity (Wildman–Crippen MR) is 83.0 cm³/mol. The zero-order valence-electron chi connectivity index (χ0n) is 13.3. The molecule has 2 heterocycles. The molecule has 20 heavy (non-hydrogen) atoms. The maximum atomic E-state index is 5.59. The number of nitrogens with one attached hydrogen (secondary N) is 1. The van der Waals surface area contributed by atoms with E-state index in [1.165, 1.54) is 71.0 Å². The summed E-state index contributed by atoms with van der Waals surface area (Å²) in [5, 5.41) is 3.43. The molecule has 2 saturated heterocycles. The number of rotatable bonds is 4. The number of likely N-dealkylation sites (tertiary alicyclic amines) is 1. The highest BCUT2D eigenvalue weighted by atomic mass is 16.5. The average molecular weight is 280 g/mol. The molecule has 0 amide bonds. The van der Waals surface area contributed by atoms with Crippen LogP contribution in [-0.4, -0.2) is 51.3 Å². The Kier molecular flexibility index (Phi) is 4.68. The molecule has 3 aliphatic rings. The Morgan fingerprint density at radius 1 is 0.950 bits per heavy atom. The van der Waals surface area contributed by atoms with Gasteiger partial charge in [0, 0.05) is 26.3 Å². The van der Waals surface area contributed by atoms with E-state index in [4.69, 9.17) is 4.74 Å². The van der Waals surface area contributed by atoms with Gasteiger partial charge >= 0.3 is 0 Å². The topological polar surface area (TPSA) is 24.5 Å².